The second-order valence-electron chi connectivity index (χ2n) is 4.15. The predicted octanol–water partition coefficient (Wildman–Crippen LogP) is 1.39. The van der Waals surface area contributed by atoms with Crippen LogP contribution in [0.2, 0.25) is 0 Å². The molecular formula is C11H22N2O. The third-order valence-electron chi connectivity index (χ3n) is 2.72. The molecule has 0 spiro atoms. The van der Waals surface area contributed by atoms with Crippen molar-refractivity contribution in [3.63, 3.8) is 0 Å². The van der Waals surface area contributed by atoms with Gasteiger partial charge in [0.15, 0.2) is 0 Å². The van der Waals surface area contributed by atoms with Crippen LogP contribution in [0.4, 0.5) is 0 Å². The van der Waals surface area contributed by atoms with Gasteiger partial charge >= 0.3 is 0 Å². The van der Waals surface area contributed by atoms with E-state index in [1.54, 1.807) is 0 Å². The summed E-state index contributed by atoms with van der Waals surface area (Å²) in [5.74, 6) is 0.340. The first kappa shape index (κ1) is 11.5. The van der Waals surface area contributed by atoms with Crippen molar-refractivity contribution in [1.29, 1.82) is 0 Å². The van der Waals surface area contributed by atoms with Gasteiger partial charge in [-0.05, 0) is 13.3 Å². The highest BCUT2D eigenvalue weighted by molar-refractivity contribution is 5.76. The lowest BCUT2D eigenvalue weighted by molar-refractivity contribution is -0.132. The van der Waals surface area contributed by atoms with Crippen LogP contribution in [0.15, 0.2) is 0 Å². The Morgan fingerprint density at radius 1 is 1.50 bits per heavy atom. The summed E-state index contributed by atoms with van der Waals surface area (Å²) in [6, 6.07) is 0.457. The summed E-state index contributed by atoms with van der Waals surface area (Å²) in [6.07, 6.45) is 4.15. The molecule has 1 rings (SSSR count). The second-order valence-corrected chi connectivity index (χ2v) is 4.15. The van der Waals surface area contributed by atoms with Crippen molar-refractivity contribution < 1.29 is 4.79 Å². The van der Waals surface area contributed by atoms with Crippen molar-refractivity contribution in [2.75, 3.05) is 19.6 Å². The number of carbonyl (C=O) groups excluding carboxylic acids is 1. The van der Waals surface area contributed by atoms with E-state index in [1.807, 2.05) is 4.90 Å². The van der Waals surface area contributed by atoms with Crippen LogP contribution in [0.5, 0.6) is 0 Å². The first-order valence-corrected chi connectivity index (χ1v) is 5.75. The minimum atomic E-state index is 0.340. The van der Waals surface area contributed by atoms with Crippen LogP contribution in [0.1, 0.15) is 39.5 Å². The largest absolute Gasteiger partial charge is 0.340 e. The first-order chi connectivity index (χ1) is 6.74. The van der Waals surface area contributed by atoms with Gasteiger partial charge < -0.3 is 10.2 Å². The summed E-state index contributed by atoms with van der Waals surface area (Å²) in [6.45, 7) is 7.00. The minimum absolute atomic E-state index is 0.340. The Kier molecular flexibility index (Phi) is 4.94. The third-order valence-corrected chi connectivity index (χ3v) is 2.72. The van der Waals surface area contributed by atoms with Gasteiger partial charge in [0.05, 0.1) is 0 Å². The van der Waals surface area contributed by atoms with Gasteiger partial charge in [-0.15, -0.1) is 0 Å². The molecule has 1 aliphatic heterocycles. The topological polar surface area (TPSA) is 32.3 Å². The lowest BCUT2D eigenvalue weighted by Gasteiger charge is -2.32. The van der Waals surface area contributed by atoms with Crippen LogP contribution in [-0.4, -0.2) is 36.5 Å². The van der Waals surface area contributed by atoms with Gasteiger partial charge in [0.1, 0.15) is 0 Å². The SMILES string of the molecule is CCCCCC(=O)N1CCN[C@H](C)C1. The van der Waals surface area contributed by atoms with Gasteiger partial charge in [-0.1, -0.05) is 19.8 Å². The normalized spacial score (nSPS) is 22.4. The van der Waals surface area contributed by atoms with Crippen LogP contribution < -0.4 is 5.32 Å². The zero-order valence-electron chi connectivity index (χ0n) is 9.38. The molecule has 1 fully saturated rings. The molecule has 3 nitrogen and oxygen atoms in total. The Balaban J connectivity index is 2.22. The van der Waals surface area contributed by atoms with E-state index in [2.05, 4.69) is 19.2 Å². The summed E-state index contributed by atoms with van der Waals surface area (Å²) >= 11 is 0. The van der Waals surface area contributed by atoms with Crippen LogP contribution in [-0.2, 0) is 4.79 Å². The highest BCUT2D eigenvalue weighted by Gasteiger charge is 2.19. The molecule has 1 atom stereocenters. The predicted molar refractivity (Wildman–Crippen MR) is 58.2 cm³/mol. The van der Waals surface area contributed by atoms with Crippen molar-refractivity contribution in [3.05, 3.63) is 0 Å². The number of carbonyl (C=O) groups is 1. The molecule has 82 valence electrons. The smallest absolute Gasteiger partial charge is 0.222 e. The molecule has 0 saturated carbocycles. The highest BCUT2D eigenvalue weighted by atomic mass is 16.2. The fraction of sp³-hybridized carbons (Fsp3) is 0.909. The van der Waals surface area contributed by atoms with Crippen LogP contribution in [0.3, 0.4) is 0 Å². The molecular weight excluding hydrogens is 176 g/mol. The highest BCUT2D eigenvalue weighted by Crippen LogP contribution is 2.05. The van der Waals surface area contributed by atoms with Crippen molar-refractivity contribution in [2.24, 2.45) is 0 Å². The number of nitrogens with one attached hydrogen (secondary N) is 1. The average Bonchev–Trinajstić information content (AvgIpc) is 2.18. The van der Waals surface area contributed by atoms with Crippen LogP contribution >= 0.6 is 0 Å². The van der Waals surface area contributed by atoms with Crippen molar-refractivity contribution in [1.82, 2.24) is 10.2 Å². The maximum Gasteiger partial charge on any atom is 0.222 e. The molecule has 0 aliphatic carbocycles. The molecule has 1 amide bonds. The number of piperazine rings is 1. The number of unbranched alkanes of at least 4 members (excludes halogenated alkanes) is 2. The van der Waals surface area contributed by atoms with Crippen LogP contribution in [0.25, 0.3) is 0 Å². The Morgan fingerprint density at radius 2 is 2.29 bits per heavy atom. The molecule has 14 heavy (non-hydrogen) atoms. The molecule has 0 radical (unpaired) electrons. The maximum atomic E-state index is 11.7. The number of hydrogen-bond donors (Lipinski definition) is 1. The molecule has 0 aromatic rings. The summed E-state index contributed by atoms with van der Waals surface area (Å²) < 4.78 is 0. The molecule has 0 bridgehead atoms. The van der Waals surface area contributed by atoms with Gasteiger partial charge in [-0.25, -0.2) is 0 Å². The van der Waals surface area contributed by atoms with Gasteiger partial charge in [-0.2, -0.15) is 0 Å². The Bertz CT molecular complexity index is 182. The molecule has 0 aromatic heterocycles. The minimum Gasteiger partial charge on any atom is -0.340 e. The second kappa shape index (κ2) is 6.02. The van der Waals surface area contributed by atoms with E-state index in [-0.39, 0.29) is 0 Å². The average molecular weight is 198 g/mol. The molecule has 1 aliphatic rings. The molecule has 3 heteroatoms. The fourth-order valence-corrected chi connectivity index (χ4v) is 1.84. The maximum absolute atomic E-state index is 11.7. The summed E-state index contributed by atoms with van der Waals surface area (Å²) in [7, 11) is 0. The molecule has 1 N–H and O–H groups in total. The molecule has 1 saturated heterocycles. The summed E-state index contributed by atoms with van der Waals surface area (Å²) in [4.78, 5) is 13.7. The number of rotatable bonds is 4. The molecule has 0 aromatic carbocycles. The summed E-state index contributed by atoms with van der Waals surface area (Å²) in [5, 5.41) is 3.34. The van der Waals surface area contributed by atoms with Gasteiger partial charge in [0.25, 0.3) is 0 Å². The zero-order valence-corrected chi connectivity index (χ0v) is 9.38. The molecule has 0 unspecified atom stereocenters. The van der Waals surface area contributed by atoms with E-state index in [1.165, 1.54) is 12.8 Å². The molecule has 1 heterocycles. The fourth-order valence-electron chi connectivity index (χ4n) is 1.84. The van der Waals surface area contributed by atoms with E-state index in [9.17, 15) is 4.79 Å². The Hall–Kier alpha value is -0.570. The Morgan fingerprint density at radius 3 is 2.93 bits per heavy atom. The van der Waals surface area contributed by atoms with Gasteiger partial charge in [0, 0.05) is 32.1 Å². The lowest BCUT2D eigenvalue weighted by Crippen LogP contribution is -2.51. The standard InChI is InChI=1S/C11H22N2O/c1-3-4-5-6-11(14)13-8-7-12-10(2)9-13/h10,12H,3-9H2,1-2H3/t10-/m1/s1. The van der Waals surface area contributed by atoms with E-state index >= 15 is 0 Å². The van der Waals surface area contributed by atoms with Gasteiger partial charge in [0.2, 0.25) is 5.91 Å². The number of hydrogen-bond acceptors (Lipinski definition) is 2. The summed E-state index contributed by atoms with van der Waals surface area (Å²) in [5.41, 5.74) is 0. The quantitative estimate of drug-likeness (QED) is 0.692. The first-order valence-electron chi connectivity index (χ1n) is 5.75. The van der Waals surface area contributed by atoms with Crippen molar-refractivity contribution in [3.8, 4) is 0 Å². The van der Waals surface area contributed by atoms with E-state index in [4.69, 9.17) is 0 Å². The van der Waals surface area contributed by atoms with Gasteiger partial charge in [-0.3, -0.25) is 4.79 Å². The van der Waals surface area contributed by atoms with E-state index in [0.29, 0.717) is 11.9 Å². The lowest BCUT2D eigenvalue weighted by atomic mass is 10.1. The van der Waals surface area contributed by atoms with E-state index < -0.39 is 0 Å². The van der Waals surface area contributed by atoms with Crippen molar-refractivity contribution in [2.45, 2.75) is 45.6 Å². The number of nitrogens with zero attached hydrogens (tertiary/aromatic N) is 1. The van der Waals surface area contributed by atoms with Crippen LogP contribution in [0, 0.1) is 0 Å². The zero-order chi connectivity index (χ0) is 10.4. The van der Waals surface area contributed by atoms with Crippen molar-refractivity contribution >= 4 is 5.91 Å². The van der Waals surface area contributed by atoms with E-state index in [0.717, 1.165) is 32.5 Å². The Labute approximate surface area is 86.9 Å². The monoisotopic (exact) mass is 198 g/mol. The third kappa shape index (κ3) is 3.66. The number of amides is 1.